The Morgan fingerprint density at radius 3 is 2.65 bits per heavy atom. The van der Waals surface area contributed by atoms with Crippen LogP contribution in [0.1, 0.15) is 19.3 Å². The molecular weight excluding hydrogens is 404 g/mol. The van der Waals surface area contributed by atoms with Crippen molar-refractivity contribution in [3.05, 3.63) is 24.3 Å². The van der Waals surface area contributed by atoms with Crippen LogP contribution in [-0.4, -0.2) is 90.9 Å². The van der Waals surface area contributed by atoms with Crippen LogP contribution in [0.25, 0.3) is 0 Å². The molecule has 0 aliphatic carbocycles. The summed E-state index contributed by atoms with van der Waals surface area (Å²) in [6, 6.07) is 4.81. The lowest BCUT2D eigenvalue weighted by Crippen LogP contribution is -2.54. The number of nitrogens with one attached hydrogen (secondary N) is 2. The zero-order valence-corrected chi connectivity index (χ0v) is 17.5. The maximum Gasteiger partial charge on any atom is 0.323 e. The highest BCUT2D eigenvalue weighted by atomic mass is 16.5. The molecule has 1 aromatic rings. The number of ether oxygens (including phenoxy) is 1. The Morgan fingerprint density at radius 2 is 1.94 bits per heavy atom. The van der Waals surface area contributed by atoms with Crippen LogP contribution in [-0.2, 0) is 14.4 Å². The van der Waals surface area contributed by atoms with Gasteiger partial charge in [-0.3, -0.25) is 24.6 Å². The summed E-state index contributed by atoms with van der Waals surface area (Å²) in [7, 11) is 0. The van der Waals surface area contributed by atoms with Gasteiger partial charge in [-0.25, -0.2) is 0 Å². The van der Waals surface area contributed by atoms with E-state index in [1.165, 1.54) is 0 Å². The van der Waals surface area contributed by atoms with E-state index in [9.17, 15) is 24.6 Å². The summed E-state index contributed by atoms with van der Waals surface area (Å²) >= 11 is 0. The van der Waals surface area contributed by atoms with Crippen molar-refractivity contribution in [3.8, 4) is 5.75 Å². The van der Waals surface area contributed by atoms with Gasteiger partial charge in [0.15, 0.2) is 0 Å². The molecule has 31 heavy (non-hydrogen) atoms. The number of para-hydroxylation sites is 2. The molecule has 2 aliphatic heterocycles. The molecule has 1 unspecified atom stereocenters. The molecule has 0 saturated carbocycles. The lowest BCUT2D eigenvalue weighted by molar-refractivity contribution is -0.141. The Kier molecular flexibility index (Phi) is 8.21. The topological polar surface area (TPSA) is 131 Å². The molecule has 0 spiro atoms. The van der Waals surface area contributed by atoms with Crippen LogP contribution in [0, 0.1) is 0 Å². The van der Waals surface area contributed by atoms with Gasteiger partial charge in [0.05, 0.1) is 5.69 Å². The number of aliphatic carboxylic acids is 2. The fourth-order valence-corrected chi connectivity index (χ4v) is 3.91. The van der Waals surface area contributed by atoms with Crippen LogP contribution in [0.15, 0.2) is 24.3 Å². The molecule has 10 heteroatoms. The number of carboxylic acids is 2. The minimum atomic E-state index is -1.16. The molecular formula is C21H30N4O6. The molecule has 1 amide bonds. The Labute approximate surface area is 181 Å². The maximum absolute atomic E-state index is 13.1. The Balaban J connectivity index is 1.60. The van der Waals surface area contributed by atoms with Crippen LogP contribution < -0.4 is 20.3 Å². The van der Waals surface area contributed by atoms with Crippen LogP contribution in [0.2, 0.25) is 0 Å². The van der Waals surface area contributed by atoms with Crippen molar-refractivity contribution in [2.24, 2.45) is 0 Å². The number of nitrogens with zero attached hydrogens (tertiary/aromatic N) is 2. The molecule has 0 radical (unpaired) electrons. The van der Waals surface area contributed by atoms with Crippen molar-refractivity contribution in [3.63, 3.8) is 0 Å². The maximum atomic E-state index is 13.1. The molecule has 4 N–H and O–H groups in total. The van der Waals surface area contributed by atoms with Crippen molar-refractivity contribution in [2.75, 3.05) is 50.8 Å². The molecule has 0 aromatic heterocycles. The number of amides is 1. The van der Waals surface area contributed by atoms with Crippen molar-refractivity contribution in [2.45, 2.75) is 31.3 Å². The number of hydrogen-bond acceptors (Lipinski definition) is 7. The van der Waals surface area contributed by atoms with Crippen LogP contribution in [0.4, 0.5) is 5.69 Å². The van der Waals surface area contributed by atoms with Crippen molar-refractivity contribution < 1.29 is 29.3 Å². The van der Waals surface area contributed by atoms with Crippen molar-refractivity contribution >= 4 is 23.5 Å². The van der Waals surface area contributed by atoms with Crippen molar-refractivity contribution in [1.29, 1.82) is 0 Å². The first-order valence-corrected chi connectivity index (χ1v) is 10.6. The second-order valence-electron chi connectivity index (χ2n) is 7.79. The summed E-state index contributed by atoms with van der Waals surface area (Å²) in [5.74, 6) is -2.32. The molecule has 0 bridgehead atoms. The first-order chi connectivity index (χ1) is 15.0. The summed E-state index contributed by atoms with van der Waals surface area (Å²) in [5, 5.41) is 25.1. The predicted octanol–water partition coefficient (Wildman–Crippen LogP) is -0.0165. The van der Waals surface area contributed by atoms with Crippen LogP contribution in [0.5, 0.6) is 5.75 Å². The number of hydrogen-bond donors (Lipinski definition) is 4. The third-order valence-electron chi connectivity index (χ3n) is 5.55. The van der Waals surface area contributed by atoms with Gasteiger partial charge in [0, 0.05) is 26.2 Å². The summed E-state index contributed by atoms with van der Waals surface area (Å²) < 4.78 is 5.71. The summed E-state index contributed by atoms with van der Waals surface area (Å²) in [4.78, 5) is 39.7. The van der Waals surface area contributed by atoms with Crippen LogP contribution >= 0.6 is 0 Å². The number of anilines is 1. The largest absolute Gasteiger partial charge is 0.489 e. The molecule has 10 nitrogen and oxygen atoms in total. The quantitative estimate of drug-likeness (QED) is 0.375. The van der Waals surface area contributed by atoms with E-state index in [1.807, 2.05) is 0 Å². The highest BCUT2D eigenvalue weighted by molar-refractivity contribution is 6.02. The lowest BCUT2D eigenvalue weighted by atomic mass is 10.1. The second kappa shape index (κ2) is 11.1. The van der Waals surface area contributed by atoms with Crippen LogP contribution in [0.3, 0.4) is 0 Å². The predicted molar refractivity (Wildman–Crippen MR) is 113 cm³/mol. The fourth-order valence-electron chi connectivity index (χ4n) is 3.91. The number of benzene rings is 1. The first-order valence-electron chi connectivity index (χ1n) is 10.6. The van der Waals surface area contributed by atoms with E-state index in [1.54, 1.807) is 24.3 Å². The highest BCUT2D eigenvalue weighted by Gasteiger charge is 2.35. The lowest BCUT2D eigenvalue weighted by Gasteiger charge is -2.27. The van der Waals surface area contributed by atoms with E-state index in [2.05, 4.69) is 15.5 Å². The molecule has 1 saturated heterocycles. The summed E-state index contributed by atoms with van der Waals surface area (Å²) in [5.41, 5.74) is 0.363. The van der Waals surface area contributed by atoms with E-state index in [-0.39, 0.29) is 6.61 Å². The number of unbranched alkanes of at least 4 members (excludes halogenated alkanes) is 1. The van der Waals surface area contributed by atoms with Gasteiger partial charge in [-0.15, -0.1) is 0 Å². The molecule has 1 aromatic carbocycles. The van der Waals surface area contributed by atoms with Gasteiger partial charge >= 0.3 is 11.9 Å². The molecule has 1 fully saturated rings. The minimum absolute atomic E-state index is 0.0729. The Morgan fingerprint density at radius 1 is 1.19 bits per heavy atom. The van der Waals surface area contributed by atoms with Gasteiger partial charge in [0.1, 0.15) is 31.0 Å². The van der Waals surface area contributed by atoms with Crippen molar-refractivity contribution in [1.82, 2.24) is 15.5 Å². The van der Waals surface area contributed by atoms with Gasteiger partial charge in [-0.1, -0.05) is 18.6 Å². The minimum Gasteiger partial charge on any atom is -0.489 e. The smallest absolute Gasteiger partial charge is 0.323 e. The Bertz CT molecular complexity index is 783. The van der Waals surface area contributed by atoms with Gasteiger partial charge in [0.2, 0.25) is 5.91 Å². The van der Waals surface area contributed by atoms with E-state index < -0.39 is 36.5 Å². The molecule has 2 heterocycles. The molecule has 3 rings (SSSR count). The molecule has 170 valence electrons. The van der Waals surface area contributed by atoms with Gasteiger partial charge in [-0.05, 0) is 31.5 Å². The second-order valence-corrected chi connectivity index (χ2v) is 7.79. The molecule has 2 atom stereocenters. The number of carboxylic acid groups (broad SMARTS) is 2. The zero-order valence-electron chi connectivity index (χ0n) is 17.5. The fraction of sp³-hybridized carbons (Fsp3) is 0.571. The Hall–Kier alpha value is -2.69. The average Bonchev–Trinajstić information content (AvgIpc) is 2.88. The first kappa shape index (κ1) is 23.0. The third kappa shape index (κ3) is 6.39. The van der Waals surface area contributed by atoms with E-state index in [4.69, 9.17) is 4.74 Å². The van der Waals surface area contributed by atoms with E-state index >= 15 is 0 Å². The number of carbonyl (C=O) groups is 3. The highest BCUT2D eigenvalue weighted by Crippen LogP contribution is 2.31. The monoisotopic (exact) mass is 434 g/mol. The SMILES string of the molecule is O=C(O)CN1C(=O)[C@@H](NC(CCCCN2CCNCC2)C(=O)O)COc2ccccc21. The number of rotatable bonds is 10. The van der Waals surface area contributed by atoms with E-state index in [0.717, 1.165) is 44.0 Å². The summed E-state index contributed by atoms with van der Waals surface area (Å²) in [6.07, 6.45) is 1.95. The van der Waals surface area contributed by atoms with E-state index in [0.29, 0.717) is 24.3 Å². The van der Waals surface area contributed by atoms with Gasteiger partial charge < -0.3 is 25.2 Å². The molecule has 2 aliphatic rings. The number of fused-ring (bicyclic) bond motifs is 1. The van der Waals surface area contributed by atoms with Gasteiger partial charge in [0.25, 0.3) is 0 Å². The number of piperazine rings is 1. The number of carbonyl (C=O) groups excluding carboxylic acids is 1. The third-order valence-corrected chi connectivity index (χ3v) is 5.55. The van der Waals surface area contributed by atoms with Gasteiger partial charge in [-0.2, -0.15) is 0 Å². The summed E-state index contributed by atoms with van der Waals surface area (Å²) in [6.45, 7) is 4.25. The zero-order chi connectivity index (χ0) is 22.2. The normalized spacial score (nSPS) is 20.5. The standard InChI is InChI=1S/C21H30N4O6/c26-19(27)13-25-17-6-1-2-7-18(17)31-14-16(20(25)28)23-15(21(29)30)5-3-4-10-24-11-8-22-9-12-24/h1-2,6-7,15-16,22-23H,3-5,8-14H2,(H,26,27)(H,29,30)/t15?,16-/m0/s1. The average molecular weight is 434 g/mol.